The lowest BCUT2D eigenvalue weighted by atomic mass is 9.81. The molecule has 15 rings (SSSR count). The summed E-state index contributed by atoms with van der Waals surface area (Å²) in [6, 6.07) is 78.0. The molecule has 0 atom stereocenters. The third-order valence-corrected chi connectivity index (χ3v) is 15.3. The smallest absolute Gasteiger partial charge is 0.000730 e. The van der Waals surface area contributed by atoms with Crippen LogP contribution in [0.1, 0.15) is 11.1 Å². The van der Waals surface area contributed by atoms with Gasteiger partial charge in [0, 0.05) is 0 Å². The number of rotatable bonds is 4. The van der Waals surface area contributed by atoms with Crippen molar-refractivity contribution in [3.63, 3.8) is 0 Å². The van der Waals surface area contributed by atoms with Crippen molar-refractivity contribution in [2.75, 3.05) is 0 Å². The molecule has 0 heterocycles. The zero-order chi connectivity index (χ0) is 43.4. The van der Waals surface area contributed by atoms with Crippen molar-refractivity contribution in [2.45, 2.75) is 13.8 Å². The van der Waals surface area contributed by atoms with Gasteiger partial charge in [-0.15, -0.1) is 0 Å². The minimum absolute atomic E-state index is 1.24. The zero-order valence-electron chi connectivity index (χ0n) is 36.6. The predicted molar refractivity (Wildman–Crippen MR) is 285 cm³/mol. The van der Waals surface area contributed by atoms with E-state index in [-0.39, 0.29) is 0 Å². The summed E-state index contributed by atoms with van der Waals surface area (Å²) in [5.74, 6) is 0. The molecule has 304 valence electrons. The van der Waals surface area contributed by atoms with E-state index in [2.05, 4.69) is 220 Å². The molecule has 0 amide bonds. The predicted octanol–water partition coefficient (Wildman–Crippen LogP) is 18.7. The van der Waals surface area contributed by atoms with Crippen molar-refractivity contribution in [1.29, 1.82) is 0 Å². The second-order valence-corrected chi connectivity index (χ2v) is 18.6. The van der Waals surface area contributed by atoms with E-state index >= 15 is 0 Å². The summed E-state index contributed by atoms with van der Waals surface area (Å²) in [5.41, 5.74) is 18.3. The molecule has 0 unspecified atom stereocenters. The molecule has 0 spiro atoms. The third kappa shape index (κ3) is 4.58. The van der Waals surface area contributed by atoms with E-state index in [1.807, 2.05) is 0 Å². The second-order valence-electron chi connectivity index (χ2n) is 18.6. The summed E-state index contributed by atoms with van der Waals surface area (Å²) in [5, 5.41) is 21.1. The van der Waals surface area contributed by atoms with Gasteiger partial charge in [0.25, 0.3) is 0 Å². The first-order valence-electron chi connectivity index (χ1n) is 23.3. The maximum Gasteiger partial charge on any atom is -0.000730 e. The molecule has 0 saturated carbocycles. The standard InChI is InChI=1S/C66H40/c1-37-17-9-11-25-42(37)59-44-27-13-14-28-45(44)60(43-26-12-10-18-38(43)2)66-51-34-32-47-53-36-55-54(35-52(53)46-31-33-50(65(59)66)62(51)61(46)47)57(40-19-5-3-6-20-40)63-48-29-15-23-39-24-16-30-49(56(39)48)64(63)58(55)41-21-7-4-8-22-41/h3-36H,1-2H3. The van der Waals surface area contributed by atoms with Crippen molar-refractivity contribution in [3.8, 4) is 66.8 Å². The molecule has 0 fully saturated rings. The molecular formula is C66H40. The average molecular weight is 833 g/mol. The van der Waals surface area contributed by atoms with Crippen LogP contribution in [0.4, 0.5) is 0 Å². The fourth-order valence-corrected chi connectivity index (χ4v) is 12.7. The Morgan fingerprint density at radius 3 is 1.11 bits per heavy atom. The van der Waals surface area contributed by atoms with Crippen LogP contribution in [0.2, 0.25) is 0 Å². The van der Waals surface area contributed by atoms with E-state index < -0.39 is 0 Å². The van der Waals surface area contributed by atoms with Gasteiger partial charge in [-0.1, -0.05) is 194 Å². The SMILES string of the molecule is Cc1ccccc1-c1c2c(c(-c3ccccc3C)c3ccccc13)-c1ccc3c4cc5c(-c6ccccc6)c6c7cccc8cccc(c6c(-c6ccccc6)c5cc4c4ccc-2c1c43)c87. The van der Waals surface area contributed by atoms with E-state index in [9.17, 15) is 0 Å². The molecule has 0 N–H and O–H groups in total. The van der Waals surface area contributed by atoms with Crippen molar-refractivity contribution in [2.24, 2.45) is 0 Å². The molecular weight excluding hydrogens is 793 g/mol. The van der Waals surface area contributed by atoms with Crippen LogP contribution >= 0.6 is 0 Å². The van der Waals surface area contributed by atoms with Crippen LogP contribution in [0.5, 0.6) is 0 Å². The van der Waals surface area contributed by atoms with Crippen molar-refractivity contribution in [1.82, 2.24) is 0 Å². The Bertz CT molecular complexity index is 4110. The van der Waals surface area contributed by atoms with E-state index in [1.54, 1.807) is 0 Å². The first-order chi connectivity index (χ1) is 32.6. The summed E-state index contributed by atoms with van der Waals surface area (Å²) < 4.78 is 0. The van der Waals surface area contributed by atoms with Gasteiger partial charge in [0.15, 0.2) is 0 Å². The van der Waals surface area contributed by atoms with Gasteiger partial charge < -0.3 is 0 Å². The summed E-state index contributed by atoms with van der Waals surface area (Å²) >= 11 is 0. The van der Waals surface area contributed by atoms with Crippen LogP contribution < -0.4 is 0 Å². The Morgan fingerprint density at radius 1 is 0.212 bits per heavy atom. The lowest BCUT2D eigenvalue weighted by Gasteiger charge is -2.22. The molecule has 0 saturated heterocycles. The molecule has 0 bridgehead atoms. The van der Waals surface area contributed by atoms with Gasteiger partial charge in [-0.2, -0.15) is 0 Å². The van der Waals surface area contributed by atoms with Crippen LogP contribution in [0.3, 0.4) is 0 Å². The van der Waals surface area contributed by atoms with Gasteiger partial charge >= 0.3 is 0 Å². The molecule has 0 nitrogen and oxygen atoms in total. The molecule has 0 aromatic heterocycles. The van der Waals surface area contributed by atoms with Crippen LogP contribution in [0.15, 0.2) is 206 Å². The highest BCUT2D eigenvalue weighted by atomic mass is 14.4. The van der Waals surface area contributed by atoms with Gasteiger partial charge in [-0.05, 0) is 190 Å². The van der Waals surface area contributed by atoms with Gasteiger partial charge in [-0.25, -0.2) is 0 Å². The molecule has 14 aromatic carbocycles. The minimum atomic E-state index is 1.24. The lowest BCUT2D eigenvalue weighted by Crippen LogP contribution is -1.95. The number of fused-ring (bicyclic) bond motifs is 11. The van der Waals surface area contributed by atoms with Gasteiger partial charge in [-0.3, -0.25) is 0 Å². The molecule has 1 aliphatic carbocycles. The summed E-state index contributed by atoms with van der Waals surface area (Å²) in [4.78, 5) is 0. The van der Waals surface area contributed by atoms with Crippen LogP contribution in [-0.2, 0) is 0 Å². The number of hydrogen-bond acceptors (Lipinski definition) is 0. The Balaban J connectivity index is 1.14. The zero-order valence-corrected chi connectivity index (χ0v) is 36.6. The van der Waals surface area contributed by atoms with E-state index in [0.29, 0.717) is 0 Å². The number of benzene rings is 12. The van der Waals surface area contributed by atoms with Gasteiger partial charge in [0.2, 0.25) is 0 Å². The lowest BCUT2D eigenvalue weighted by molar-refractivity contribution is 1.46. The van der Waals surface area contributed by atoms with Crippen LogP contribution in [0.25, 0.3) is 153 Å². The summed E-state index contributed by atoms with van der Waals surface area (Å²) in [7, 11) is 0. The Labute approximate surface area is 382 Å². The molecule has 0 radical (unpaired) electrons. The van der Waals surface area contributed by atoms with Crippen LogP contribution in [-0.4, -0.2) is 0 Å². The molecule has 1 aliphatic rings. The monoisotopic (exact) mass is 832 g/mol. The van der Waals surface area contributed by atoms with E-state index in [0.717, 1.165) is 0 Å². The third-order valence-electron chi connectivity index (χ3n) is 15.3. The van der Waals surface area contributed by atoms with Crippen LogP contribution in [0, 0.1) is 13.8 Å². The number of hydrogen-bond donors (Lipinski definition) is 0. The maximum absolute atomic E-state index is 2.56. The fraction of sp³-hybridized carbons (Fsp3) is 0.0303. The topological polar surface area (TPSA) is 0 Å². The molecule has 0 aliphatic heterocycles. The normalized spacial score (nSPS) is 12.4. The van der Waals surface area contributed by atoms with Gasteiger partial charge in [0.1, 0.15) is 0 Å². The highest BCUT2D eigenvalue weighted by Crippen LogP contribution is 2.61. The molecule has 14 aromatic rings. The Hall–Kier alpha value is -8.32. The largest absolute Gasteiger partial charge is 0.0622 e. The average Bonchev–Trinajstić information content (AvgIpc) is 3.99. The molecule has 66 heavy (non-hydrogen) atoms. The first-order valence-corrected chi connectivity index (χ1v) is 23.3. The summed E-state index contributed by atoms with van der Waals surface area (Å²) in [6.45, 7) is 4.53. The molecule has 0 heteroatoms. The van der Waals surface area contributed by atoms with E-state index in [4.69, 9.17) is 0 Å². The van der Waals surface area contributed by atoms with E-state index in [1.165, 1.54) is 164 Å². The van der Waals surface area contributed by atoms with Crippen molar-refractivity contribution in [3.05, 3.63) is 217 Å². The van der Waals surface area contributed by atoms with Gasteiger partial charge in [0.05, 0.1) is 0 Å². The highest BCUT2D eigenvalue weighted by Gasteiger charge is 2.33. The maximum atomic E-state index is 2.56. The summed E-state index contributed by atoms with van der Waals surface area (Å²) in [6.07, 6.45) is 0. The highest BCUT2D eigenvalue weighted by molar-refractivity contribution is 6.43. The Kier molecular flexibility index (Phi) is 7.18. The minimum Gasteiger partial charge on any atom is -0.0622 e. The number of aryl methyl sites for hydroxylation is 2. The quantitative estimate of drug-likeness (QED) is 0.166. The first kappa shape index (κ1) is 36.1. The fourth-order valence-electron chi connectivity index (χ4n) is 12.7. The van der Waals surface area contributed by atoms with Crippen molar-refractivity contribution < 1.29 is 0 Å². The second kappa shape index (κ2) is 13.1. The Morgan fingerprint density at radius 2 is 0.636 bits per heavy atom. The van der Waals surface area contributed by atoms with Crippen molar-refractivity contribution >= 4 is 86.2 Å².